The van der Waals surface area contributed by atoms with Gasteiger partial charge in [-0.3, -0.25) is 4.79 Å². The van der Waals surface area contributed by atoms with Crippen LogP contribution in [-0.2, 0) is 4.79 Å². The lowest BCUT2D eigenvalue weighted by atomic mass is 10.1. The third-order valence-electron chi connectivity index (χ3n) is 3.60. The fraction of sp³-hybridized carbons (Fsp3) is 0.200. The van der Waals surface area contributed by atoms with Crippen LogP contribution in [0.1, 0.15) is 11.1 Å². The Morgan fingerprint density at radius 3 is 2.42 bits per heavy atom. The zero-order valence-corrected chi connectivity index (χ0v) is 14.9. The van der Waals surface area contributed by atoms with Gasteiger partial charge in [-0.15, -0.1) is 0 Å². The zero-order chi connectivity index (χ0) is 18.9. The number of anilines is 1. The molecule has 0 saturated carbocycles. The van der Waals surface area contributed by atoms with Gasteiger partial charge in [-0.25, -0.2) is 0 Å². The molecule has 2 aromatic carbocycles. The van der Waals surface area contributed by atoms with Crippen LogP contribution in [0.5, 0.6) is 17.2 Å². The van der Waals surface area contributed by atoms with Crippen molar-refractivity contribution in [3.05, 3.63) is 53.6 Å². The highest BCUT2D eigenvalue weighted by atomic mass is 16.5. The van der Waals surface area contributed by atoms with E-state index in [-0.39, 0.29) is 12.5 Å². The molecule has 1 N–H and O–H groups in total. The molecule has 0 unspecified atom stereocenters. The first-order valence-electron chi connectivity index (χ1n) is 7.89. The van der Waals surface area contributed by atoms with Gasteiger partial charge in [0.2, 0.25) is 5.91 Å². The monoisotopic (exact) mass is 352 g/mol. The molecule has 6 nitrogen and oxygen atoms in total. The number of carbonyl (C=O) groups excluding carboxylic acids is 1. The summed E-state index contributed by atoms with van der Waals surface area (Å²) in [6.07, 6.45) is 3.14. The molecule has 134 valence electrons. The largest absolute Gasteiger partial charge is 0.493 e. The van der Waals surface area contributed by atoms with Crippen LogP contribution in [0.15, 0.2) is 42.5 Å². The highest BCUT2D eigenvalue weighted by Gasteiger charge is 2.09. The van der Waals surface area contributed by atoms with Crippen molar-refractivity contribution in [3.63, 3.8) is 0 Å². The minimum atomic E-state index is -0.259. The minimum absolute atomic E-state index is 0.00225. The van der Waals surface area contributed by atoms with Crippen molar-refractivity contribution < 1.29 is 19.0 Å². The first-order chi connectivity index (χ1) is 12.6. The van der Waals surface area contributed by atoms with Crippen LogP contribution >= 0.6 is 0 Å². The number of benzene rings is 2. The van der Waals surface area contributed by atoms with Crippen LogP contribution in [-0.4, -0.2) is 26.7 Å². The fourth-order valence-corrected chi connectivity index (χ4v) is 2.25. The van der Waals surface area contributed by atoms with Crippen molar-refractivity contribution in [2.24, 2.45) is 0 Å². The first kappa shape index (κ1) is 18.9. The normalized spacial score (nSPS) is 10.2. The third kappa shape index (κ3) is 5.02. The number of aryl methyl sites for hydroxylation is 1. The van der Waals surface area contributed by atoms with Gasteiger partial charge in [0.15, 0.2) is 18.1 Å². The SMILES string of the molecule is COc1cc(C)c(NC(=O)/C=C/c2ccc(OCC#N)cc2)cc1OC. The Morgan fingerprint density at radius 2 is 1.81 bits per heavy atom. The Bertz CT molecular complexity index is 836. The summed E-state index contributed by atoms with van der Waals surface area (Å²) in [6, 6.07) is 12.5. The van der Waals surface area contributed by atoms with Gasteiger partial charge in [-0.2, -0.15) is 5.26 Å². The predicted molar refractivity (Wildman–Crippen MR) is 99.5 cm³/mol. The number of rotatable bonds is 7. The number of ether oxygens (including phenoxy) is 3. The van der Waals surface area contributed by atoms with Gasteiger partial charge < -0.3 is 19.5 Å². The maximum absolute atomic E-state index is 12.2. The Labute approximate surface area is 152 Å². The molecule has 0 heterocycles. The molecular formula is C20H20N2O4. The summed E-state index contributed by atoms with van der Waals surface area (Å²) < 4.78 is 15.7. The van der Waals surface area contributed by atoms with Crippen LogP contribution in [0.3, 0.4) is 0 Å². The van der Waals surface area contributed by atoms with Gasteiger partial charge in [0, 0.05) is 17.8 Å². The molecule has 1 amide bonds. The van der Waals surface area contributed by atoms with Crippen LogP contribution in [0, 0.1) is 18.3 Å². The maximum Gasteiger partial charge on any atom is 0.248 e. The molecule has 6 heteroatoms. The van der Waals surface area contributed by atoms with Gasteiger partial charge in [0.25, 0.3) is 0 Å². The molecule has 0 aromatic heterocycles. The van der Waals surface area contributed by atoms with Crippen molar-refractivity contribution in [2.45, 2.75) is 6.92 Å². The van der Waals surface area contributed by atoms with E-state index in [0.717, 1.165) is 11.1 Å². The third-order valence-corrected chi connectivity index (χ3v) is 3.60. The van der Waals surface area contributed by atoms with Gasteiger partial charge in [-0.05, 0) is 42.3 Å². The Hall–Kier alpha value is -3.46. The second-order valence-electron chi connectivity index (χ2n) is 5.36. The lowest BCUT2D eigenvalue weighted by molar-refractivity contribution is -0.111. The number of nitrogens with zero attached hydrogens (tertiary/aromatic N) is 1. The number of nitrogens with one attached hydrogen (secondary N) is 1. The molecule has 0 atom stereocenters. The molecule has 0 aliphatic heterocycles. The first-order valence-corrected chi connectivity index (χ1v) is 7.89. The summed E-state index contributed by atoms with van der Waals surface area (Å²) in [4.78, 5) is 12.2. The van der Waals surface area contributed by atoms with Crippen molar-refractivity contribution in [1.29, 1.82) is 5.26 Å². The molecular weight excluding hydrogens is 332 g/mol. The predicted octanol–water partition coefficient (Wildman–Crippen LogP) is 3.57. The molecule has 2 aromatic rings. The standard InChI is InChI=1S/C20H20N2O4/c1-14-12-18(24-2)19(25-3)13-17(14)22-20(23)9-6-15-4-7-16(8-5-15)26-11-10-21/h4-9,12-13H,11H2,1-3H3,(H,22,23)/b9-6+. The Morgan fingerprint density at radius 1 is 1.15 bits per heavy atom. The van der Waals surface area contributed by atoms with Gasteiger partial charge in [0.05, 0.1) is 14.2 Å². The van der Waals surface area contributed by atoms with Gasteiger partial charge in [0.1, 0.15) is 11.8 Å². The summed E-state index contributed by atoms with van der Waals surface area (Å²) in [5, 5.41) is 11.3. The molecule has 0 fully saturated rings. The molecule has 0 spiro atoms. The molecule has 0 bridgehead atoms. The van der Waals surface area contributed by atoms with Gasteiger partial charge >= 0.3 is 0 Å². The maximum atomic E-state index is 12.2. The number of carbonyl (C=O) groups is 1. The number of hydrogen-bond donors (Lipinski definition) is 1. The number of nitriles is 1. The molecule has 0 aliphatic rings. The van der Waals surface area contributed by atoms with Crippen LogP contribution in [0.25, 0.3) is 6.08 Å². The number of hydrogen-bond acceptors (Lipinski definition) is 5. The van der Waals surface area contributed by atoms with E-state index in [9.17, 15) is 4.79 Å². The zero-order valence-electron chi connectivity index (χ0n) is 14.9. The average molecular weight is 352 g/mol. The van der Waals surface area contributed by atoms with Crippen molar-refractivity contribution in [1.82, 2.24) is 0 Å². The summed E-state index contributed by atoms with van der Waals surface area (Å²) in [6.45, 7) is 1.88. The topological polar surface area (TPSA) is 80.6 Å². The number of amides is 1. The smallest absolute Gasteiger partial charge is 0.248 e. The summed E-state index contributed by atoms with van der Waals surface area (Å²) >= 11 is 0. The summed E-state index contributed by atoms with van der Waals surface area (Å²) in [5.74, 6) is 1.50. The van der Waals surface area contributed by atoms with E-state index in [1.165, 1.54) is 6.08 Å². The Balaban J connectivity index is 2.04. The molecule has 0 radical (unpaired) electrons. The lowest BCUT2D eigenvalue weighted by Gasteiger charge is -2.12. The molecule has 0 saturated heterocycles. The van der Waals surface area contributed by atoms with Crippen molar-refractivity contribution in [2.75, 3.05) is 26.1 Å². The van der Waals surface area contributed by atoms with E-state index in [1.54, 1.807) is 56.7 Å². The van der Waals surface area contributed by atoms with Crippen LogP contribution in [0.4, 0.5) is 5.69 Å². The second kappa shape index (κ2) is 9.14. The quantitative estimate of drug-likeness (QED) is 0.771. The summed E-state index contributed by atoms with van der Waals surface area (Å²) in [5.41, 5.74) is 2.36. The highest BCUT2D eigenvalue weighted by molar-refractivity contribution is 6.02. The summed E-state index contributed by atoms with van der Waals surface area (Å²) in [7, 11) is 3.11. The van der Waals surface area contributed by atoms with Crippen LogP contribution in [0.2, 0.25) is 0 Å². The van der Waals surface area contributed by atoms with E-state index in [2.05, 4.69) is 5.32 Å². The average Bonchev–Trinajstić information content (AvgIpc) is 2.66. The fourth-order valence-electron chi connectivity index (χ4n) is 2.25. The molecule has 0 aliphatic carbocycles. The van der Waals surface area contributed by atoms with Gasteiger partial charge in [-0.1, -0.05) is 12.1 Å². The minimum Gasteiger partial charge on any atom is -0.493 e. The van der Waals surface area contributed by atoms with E-state index in [4.69, 9.17) is 19.5 Å². The van der Waals surface area contributed by atoms with E-state index in [1.807, 2.05) is 13.0 Å². The van der Waals surface area contributed by atoms with E-state index < -0.39 is 0 Å². The van der Waals surface area contributed by atoms with Crippen molar-refractivity contribution in [3.8, 4) is 23.3 Å². The second-order valence-corrected chi connectivity index (χ2v) is 5.36. The van der Waals surface area contributed by atoms with E-state index in [0.29, 0.717) is 22.9 Å². The molecule has 26 heavy (non-hydrogen) atoms. The van der Waals surface area contributed by atoms with E-state index >= 15 is 0 Å². The Kier molecular flexibility index (Phi) is 6.63. The van der Waals surface area contributed by atoms with Crippen molar-refractivity contribution >= 4 is 17.7 Å². The highest BCUT2D eigenvalue weighted by Crippen LogP contribution is 2.32. The molecule has 2 rings (SSSR count). The lowest BCUT2D eigenvalue weighted by Crippen LogP contribution is -2.09. The number of methoxy groups -OCH3 is 2. The van der Waals surface area contributed by atoms with Crippen LogP contribution < -0.4 is 19.5 Å².